The molecular weight excluding hydrogens is 372 g/mol. The van der Waals surface area contributed by atoms with Crippen LogP contribution >= 0.6 is 0 Å². The molecule has 168 valence electrons. The van der Waals surface area contributed by atoms with E-state index in [1.54, 1.807) is 0 Å². The molecule has 0 bridgehead atoms. The van der Waals surface area contributed by atoms with Gasteiger partial charge in [-0.1, -0.05) is 45.1 Å². The van der Waals surface area contributed by atoms with Crippen LogP contribution in [0.25, 0.3) is 0 Å². The molecule has 30 heavy (non-hydrogen) atoms. The van der Waals surface area contributed by atoms with Crippen LogP contribution in [-0.2, 0) is 0 Å². The third-order valence-corrected chi connectivity index (χ3v) is 9.13. The van der Waals surface area contributed by atoms with Crippen molar-refractivity contribution in [3.05, 3.63) is 36.0 Å². The summed E-state index contributed by atoms with van der Waals surface area (Å²) >= 11 is 0. The monoisotopic (exact) mass is 414 g/mol. The molecule has 0 aliphatic heterocycles. The normalized spacial score (nSPS) is 43.2. The zero-order chi connectivity index (χ0) is 21.5. The van der Waals surface area contributed by atoms with Crippen LogP contribution in [-0.4, -0.2) is 33.6 Å². The first kappa shape index (κ1) is 22.3. The van der Waals surface area contributed by atoms with Gasteiger partial charge in [-0.05, 0) is 97.5 Å². The fourth-order valence-corrected chi connectivity index (χ4v) is 7.14. The molecule has 0 spiro atoms. The first-order valence-corrected chi connectivity index (χ1v) is 12.4. The van der Waals surface area contributed by atoms with E-state index in [2.05, 4.69) is 38.7 Å². The zero-order valence-corrected chi connectivity index (χ0v) is 19.0. The van der Waals surface area contributed by atoms with Crippen LogP contribution < -0.4 is 0 Å². The number of fused-ring (bicyclic) bond motifs is 1. The van der Waals surface area contributed by atoms with Gasteiger partial charge in [0.15, 0.2) is 0 Å². The van der Waals surface area contributed by atoms with Gasteiger partial charge in [0.25, 0.3) is 0 Å². The molecule has 0 aromatic rings. The van der Waals surface area contributed by atoms with Gasteiger partial charge in [-0.3, -0.25) is 0 Å². The van der Waals surface area contributed by atoms with Gasteiger partial charge in [-0.2, -0.15) is 0 Å². The van der Waals surface area contributed by atoms with Crippen molar-refractivity contribution in [1.82, 2.24) is 0 Å². The van der Waals surface area contributed by atoms with Gasteiger partial charge in [0.05, 0.1) is 18.3 Å². The molecule has 4 aliphatic rings. The minimum absolute atomic E-state index is 0.238. The standard InChI is InChI=1S/C27H42O3/c1-17(6-13-25(29)20-8-9-20)23-11-12-24-19(5-4-14-27(23,24)3)7-10-21-15-22(28)16-26(30)18(21)2/h6,10,13,17,19-20,22-26,28-30H,2,4-5,7-9,11-12,14-16H2,1,3H3/b13-6+,21-10-/t17-,19?,22-,23-,24+,25-,26+,27-/m1/s1. The minimum atomic E-state index is -0.592. The maximum Gasteiger partial charge on any atom is 0.0811 e. The van der Waals surface area contributed by atoms with Crippen LogP contribution in [0.2, 0.25) is 0 Å². The molecule has 4 fully saturated rings. The fraction of sp³-hybridized carbons (Fsp3) is 0.778. The molecule has 4 rings (SSSR count). The summed E-state index contributed by atoms with van der Waals surface area (Å²) in [5, 5.41) is 30.4. The maximum absolute atomic E-state index is 10.2. The summed E-state index contributed by atoms with van der Waals surface area (Å²) in [5.74, 6) is 3.18. The van der Waals surface area contributed by atoms with E-state index in [4.69, 9.17) is 0 Å². The SMILES string of the molecule is C=C1/C(=C\CC2CCC[C@]3(C)[C@@H]([C@H](C)/C=C/[C@@H](O)C4CC4)CC[C@@H]23)C[C@@H](O)C[C@@H]1O. The van der Waals surface area contributed by atoms with Gasteiger partial charge in [0, 0.05) is 6.42 Å². The molecule has 0 saturated heterocycles. The summed E-state index contributed by atoms with van der Waals surface area (Å²) in [7, 11) is 0. The van der Waals surface area contributed by atoms with Crippen molar-refractivity contribution < 1.29 is 15.3 Å². The number of aliphatic hydroxyl groups excluding tert-OH is 3. The maximum atomic E-state index is 10.2. The Morgan fingerprint density at radius 3 is 2.63 bits per heavy atom. The molecule has 4 aliphatic carbocycles. The molecule has 0 aromatic heterocycles. The van der Waals surface area contributed by atoms with E-state index in [-0.39, 0.29) is 6.10 Å². The van der Waals surface area contributed by atoms with Crippen LogP contribution in [0.1, 0.15) is 78.1 Å². The molecule has 3 heteroatoms. The summed E-state index contributed by atoms with van der Waals surface area (Å²) in [6.07, 6.45) is 16.4. The first-order chi connectivity index (χ1) is 14.3. The molecule has 0 radical (unpaired) electrons. The van der Waals surface area contributed by atoms with Crippen LogP contribution in [0.4, 0.5) is 0 Å². The highest BCUT2D eigenvalue weighted by atomic mass is 16.3. The van der Waals surface area contributed by atoms with E-state index in [9.17, 15) is 15.3 Å². The summed E-state index contributed by atoms with van der Waals surface area (Å²) in [4.78, 5) is 0. The van der Waals surface area contributed by atoms with Crippen LogP contribution in [0.5, 0.6) is 0 Å². The first-order valence-electron chi connectivity index (χ1n) is 12.4. The fourth-order valence-electron chi connectivity index (χ4n) is 7.14. The van der Waals surface area contributed by atoms with Crippen LogP contribution in [0.3, 0.4) is 0 Å². The average Bonchev–Trinajstić information content (AvgIpc) is 3.49. The van der Waals surface area contributed by atoms with Gasteiger partial charge in [0.1, 0.15) is 0 Å². The van der Waals surface area contributed by atoms with Gasteiger partial charge < -0.3 is 15.3 Å². The van der Waals surface area contributed by atoms with E-state index in [0.717, 1.165) is 23.5 Å². The number of rotatable bonds is 6. The molecule has 3 N–H and O–H groups in total. The predicted octanol–water partition coefficient (Wildman–Crippen LogP) is 5.17. The highest BCUT2D eigenvalue weighted by Gasteiger charge is 2.51. The molecule has 0 amide bonds. The lowest BCUT2D eigenvalue weighted by atomic mass is 9.58. The number of hydrogen-bond donors (Lipinski definition) is 3. The topological polar surface area (TPSA) is 60.7 Å². The number of allylic oxidation sites excluding steroid dienone is 2. The van der Waals surface area contributed by atoms with Crippen molar-refractivity contribution in [2.75, 3.05) is 0 Å². The quantitative estimate of drug-likeness (QED) is 0.526. The molecular formula is C27H42O3. The summed E-state index contributed by atoms with van der Waals surface area (Å²) in [6.45, 7) is 8.97. The Labute approximate surface area is 183 Å². The van der Waals surface area contributed by atoms with E-state index in [0.29, 0.717) is 41.9 Å². The Morgan fingerprint density at radius 2 is 1.90 bits per heavy atom. The second kappa shape index (κ2) is 8.92. The van der Waals surface area contributed by atoms with Gasteiger partial charge in [-0.25, -0.2) is 0 Å². The molecule has 3 nitrogen and oxygen atoms in total. The molecule has 4 saturated carbocycles. The largest absolute Gasteiger partial charge is 0.393 e. The van der Waals surface area contributed by atoms with Crippen molar-refractivity contribution in [2.45, 2.75) is 96.4 Å². The second-order valence-corrected chi connectivity index (χ2v) is 11.1. The summed E-state index contributed by atoms with van der Waals surface area (Å²) in [6, 6.07) is 0. The molecule has 8 atom stereocenters. The summed E-state index contributed by atoms with van der Waals surface area (Å²) < 4.78 is 0. The Bertz CT molecular complexity index is 690. The average molecular weight is 415 g/mol. The Kier molecular flexibility index (Phi) is 6.63. The predicted molar refractivity (Wildman–Crippen MR) is 122 cm³/mol. The van der Waals surface area contributed by atoms with Crippen molar-refractivity contribution in [3.63, 3.8) is 0 Å². The van der Waals surface area contributed by atoms with Crippen molar-refractivity contribution in [2.24, 2.45) is 35.0 Å². The molecule has 0 heterocycles. The Balaban J connectivity index is 1.42. The van der Waals surface area contributed by atoms with Crippen molar-refractivity contribution >= 4 is 0 Å². The minimum Gasteiger partial charge on any atom is -0.393 e. The zero-order valence-electron chi connectivity index (χ0n) is 19.0. The van der Waals surface area contributed by atoms with E-state index >= 15 is 0 Å². The third kappa shape index (κ3) is 4.49. The smallest absolute Gasteiger partial charge is 0.0811 e. The molecule has 1 unspecified atom stereocenters. The highest BCUT2D eigenvalue weighted by Crippen LogP contribution is 2.60. The second-order valence-electron chi connectivity index (χ2n) is 11.1. The van der Waals surface area contributed by atoms with Crippen molar-refractivity contribution in [1.29, 1.82) is 0 Å². The van der Waals surface area contributed by atoms with Gasteiger partial charge >= 0.3 is 0 Å². The van der Waals surface area contributed by atoms with E-state index in [1.807, 2.05) is 0 Å². The lowest BCUT2D eigenvalue weighted by Crippen LogP contribution is -2.38. The van der Waals surface area contributed by atoms with Gasteiger partial charge in [-0.15, -0.1) is 0 Å². The van der Waals surface area contributed by atoms with Crippen LogP contribution in [0.15, 0.2) is 36.0 Å². The lowest BCUT2D eigenvalue weighted by molar-refractivity contribution is 0.0390. The van der Waals surface area contributed by atoms with Crippen molar-refractivity contribution in [3.8, 4) is 0 Å². The molecule has 0 aromatic carbocycles. The number of hydrogen-bond acceptors (Lipinski definition) is 3. The summed E-state index contributed by atoms with van der Waals surface area (Å²) in [5.41, 5.74) is 2.28. The van der Waals surface area contributed by atoms with E-state index < -0.39 is 12.2 Å². The van der Waals surface area contributed by atoms with Gasteiger partial charge in [0.2, 0.25) is 0 Å². The highest BCUT2D eigenvalue weighted by molar-refractivity contribution is 5.34. The van der Waals surface area contributed by atoms with E-state index in [1.165, 1.54) is 44.9 Å². The Morgan fingerprint density at radius 1 is 1.13 bits per heavy atom. The lowest BCUT2D eigenvalue weighted by Gasteiger charge is -2.46. The number of aliphatic hydroxyl groups is 3. The Hall–Kier alpha value is -0.900. The van der Waals surface area contributed by atoms with Crippen LogP contribution in [0, 0.1) is 35.0 Å². The third-order valence-electron chi connectivity index (χ3n) is 9.13.